The number of para-hydroxylation sites is 2. The molecule has 0 aliphatic carbocycles. The molecule has 0 fully saturated rings. The zero-order valence-corrected chi connectivity index (χ0v) is 17.1. The molecule has 154 valence electrons. The summed E-state index contributed by atoms with van der Waals surface area (Å²) in [7, 11) is 3.10. The fourth-order valence-electron chi connectivity index (χ4n) is 3.01. The highest BCUT2D eigenvalue weighted by Gasteiger charge is 2.27. The van der Waals surface area contributed by atoms with Crippen LogP contribution in [-0.4, -0.2) is 48.5 Å². The van der Waals surface area contributed by atoms with E-state index >= 15 is 0 Å². The standard InChI is InChI=1S/C20H18N4O5S/c1-27-15-8-7-12(9-16(15)28-2)19-22-23-20(29-19)30-11-18(26)24-10-17(25)21-13-5-3-4-6-14(13)24/h3-9H,10-11H2,1-2H3,(H,21,25). The van der Waals surface area contributed by atoms with Crippen molar-refractivity contribution in [2.75, 3.05) is 36.7 Å². The number of carbonyl (C=O) groups is 2. The number of nitrogens with zero attached hydrogens (tertiary/aromatic N) is 3. The van der Waals surface area contributed by atoms with Gasteiger partial charge in [-0.25, -0.2) is 0 Å². The Morgan fingerprint density at radius 3 is 2.77 bits per heavy atom. The predicted octanol–water partition coefficient (Wildman–Crippen LogP) is 2.83. The van der Waals surface area contributed by atoms with Crippen LogP contribution in [0.2, 0.25) is 0 Å². The Kier molecular flexibility index (Phi) is 5.57. The highest BCUT2D eigenvalue weighted by Crippen LogP contribution is 2.33. The van der Waals surface area contributed by atoms with Gasteiger partial charge in [0.2, 0.25) is 17.7 Å². The summed E-state index contributed by atoms with van der Waals surface area (Å²) in [5.74, 6) is 1.02. The molecule has 1 aliphatic heterocycles. The molecule has 1 aromatic heterocycles. The van der Waals surface area contributed by atoms with Gasteiger partial charge in [-0.05, 0) is 30.3 Å². The van der Waals surface area contributed by atoms with Crippen LogP contribution in [0.15, 0.2) is 52.1 Å². The molecule has 2 heterocycles. The third kappa shape index (κ3) is 3.94. The summed E-state index contributed by atoms with van der Waals surface area (Å²) in [4.78, 5) is 26.1. The second kappa shape index (κ2) is 8.46. The molecule has 0 saturated heterocycles. The van der Waals surface area contributed by atoms with E-state index in [-0.39, 0.29) is 29.3 Å². The van der Waals surface area contributed by atoms with Crippen LogP contribution < -0.4 is 19.7 Å². The van der Waals surface area contributed by atoms with Crippen molar-refractivity contribution in [2.45, 2.75) is 5.22 Å². The molecule has 0 saturated carbocycles. The van der Waals surface area contributed by atoms with Crippen molar-refractivity contribution in [3.63, 3.8) is 0 Å². The number of ether oxygens (including phenoxy) is 2. The van der Waals surface area contributed by atoms with Crippen LogP contribution in [0.1, 0.15) is 0 Å². The number of thioether (sulfide) groups is 1. The summed E-state index contributed by atoms with van der Waals surface area (Å²) in [6.07, 6.45) is 0. The molecule has 2 amide bonds. The van der Waals surface area contributed by atoms with Crippen LogP contribution in [0.25, 0.3) is 11.5 Å². The number of hydrogen-bond donors (Lipinski definition) is 1. The molecule has 9 nitrogen and oxygen atoms in total. The quantitative estimate of drug-likeness (QED) is 0.600. The topological polar surface area (TPSA) is 107 Å². The van der Waals surface area contributed by atoms with Gasteiger partial charge < -0.3 is 24.1 Å². The third-order valence-electron chi connectivity index (χ3n) is 4.43. The molecule has 1 N–H and O–H groups in total. The first-order valence-electron chi connectivity index (χ1n) is 8.97. The SMILES string of the molecule is COc1ccc(-c2nnc(SCC(=O)N3CC(=O)Nc4ccccc43)o2)cc1OC. The molecule has 1 aliphatic rings. The molecule has 10 heteroatoms. The number of nitrogens with one attached hydrogen (secondary N) is 1. The van der Waals surface area contributed by atoms with Gasteiger partial charge in [0.25, 0.3) is 5.22 Å². The number of benzene rings is 2. The van der Waals surface area contributed by atoms with Crippen LogP contribution in [0.5, 0.6) is 11.5 Å². The number of rotatable bonds is 6. The van der Waals surface area contributed by atoms with E-state index in [0.717, 1.165) is 11.8 Å². The summed E-state index contributed by atoms with van der Waals surface area (Å²) in [6.45, 7) is -0.0306. The van der Waals surface area contributed by atoms with E-state index in [1.165, 1.54) is 4.90 Å². The number of hydrogen-bond acceptors (Lipinski definition) is 8. The number of carbonyl (C=O) groups excluding carboxylic acids is 2. The minimum atomic E-state index is -0.236. The molecule has 0 radical (unpaired) electrons. The van der Waals surface area contributed by atoms with Gasteiger partial charge in [0.15, 0.2) is 11.5 Å². The van der Waals surface area contributed by atoms with Gasteiger partial charge in [-0.3, -0.25) is 9.59 Å². The minimum absolute atomic E-state index is 0.0306. The molecule has 3 aromatic rings. The lowest BCUT2D eigenvalue weighted by molar-refractivity contribution is -0.120. The van der Waals surface area contributed by atoms with E-state index < -0.39 is 0 Å². The normalized spacial score (nSPS) is 12.9. The first-order valence-corrected chi connectivity index (χ1v) is 9.95. The summed E-state index contributed by atoms with van der Waals surface area (Å²) in [5.41, 5.74) is 1.94. The predicted molar refractivity (Wildman–Crippen MR) is 111 cm³/mol. The Bertz CT molecular complexity index is 1100. The highest BCUT2D eigenvalue weighted by molar-refractivity contribution is 7.99. The van der Waals surface area contributed by atoms with Crippen molar-refractivity contribution in [1.82, 2.24) is 10.2 Å². The maximum Gasteiger partial charge on any atom is 0.277 e. The van der Waals surface area contributed by atoms with E-state index in [1.807, 2.05) is 6.07 Å². The van der Waals surface area contributed by atoms with Crippen LogP contribution in [0, 0.1) is 0 Å². The number of aromatic nitrogens is 2. The Morgan fingerprint density at radius 2 is 1.97 bits per heavy atom. The summed E-state index contributed by atoms with van der Waals surface area (Å²) in [5, 5.41) is 11.0. The van der Waals surface area contributed by atoms with Crippen LogP contribution in [0.4, 0.5) is 11.4 Å². The lowest BCUT2D eigenvalue weighted by Crippen LogP contribution is -2.43. The fourth-order valence-corrected chi connectivity index (χ4v) is 3.65. The lowest BCUT2D eigenvalue weighted by atomic mass is 10.2. The highest BCUT2D eigenvalue weighted by atomic mass is 32.2. The summed E-state index contributed by atoms with van der Waals surface area (Å²) < 4.78 is 16.2. The molecule has 0 spiro atoms. The third-order valence-corrected chi connectivity index (χ3v) is 5.23. The van der Waals surface area contributed by atoms with Crippen molar-refractivity contribution >= 4 is 35.0 Å². The lowest BCUT2D eigenvalue weighted by Gasteiger charge is -2.28. The largest absolute Gasteiger partial charge is 0.493 e. The van der Waals surface area contributed by atoms with E-state index in [1.54, 1.807) is 50.6 Å². The molecule has 0 unspecified atom stereocenters. The molecular formula is C20H18N4O5S. The number of amides is 2. The van der Waals surface area contributed by atoms with Gasteiger partial charge in [0.05, 0.1) is 31.3 Å². The second-order valence-corrected chi connectivity index (χ2v) is 7.20. The summed E-state index contributed by atoms with van der Waals surface area (Å²) >= 11 is 1.11. The number of methoxy groups -OCH3 is 2. The Balaban J connectivity index is 1.45. The monoisotopic (exact) mass is 426 g/mol. The maximum atomic E-state index is 12.7. The van der Waals surface area contributed by atoms with Crippen LogP contribution in [-0.2, 0) is 9.59 Å². The van der Waals surface area contributed by atoms with Gasteiger partial charge in [0.1, 0.15) is 6.54 Å². The maximum absolute atomic E-state index is 12.7. The van der Waals surface area contributed by atoms with Crippen molar-refractivity contribution in [2.24, 2.45) is 0 Å². The molecule has 4 rings (SSSR count). The van der Waals surface area contributed by atoms with Gasteiger partial charge in [-0.2, -0.15) is 0 Å². The molecule has 2 aromatic carbocycles. The van der Waals surface area contributed by atoms with Crippen molar-refractivity contribution in [3.8, 4) is 23.0 Å². The summed E-state index contributed by atoms with van der Waals surface area (Å²) in [6, 6.07) is 12.4. The Labute approximate surface area is 176 Å². The van der Waals surface area contributed by atoms with Gasteiger partial charge in [-0.15, -0.1) is 10.2 Å². The fraction of sp³-hybridized carbons (Fsp3) is 0.200. The molecule has 0 atom stereocenters. The van der Waals surface area contributed by atoms with Crippen molar-refractivity contribution in [1.29, 1.82) is 0 Å². The van der Waals surface area contributed by atoms with Gasteiger partial charge >= 0.3 is 0 Å². The van der Waals surface area contributed by atoms with Crippen LogP contribution >= 0.6 is 11.8 Å². The molecule has 0 bridgehead atoms. The first-order chi connectivity index (χ1) is 14.6. The van der Waals surface area contributed by atoms with Crippen molar-refractivity contribution < 1.29 is 23.5 Å². The molecular weight excluding hydrogens is 408 g/mol. The average molecular weight is 426 g/mol. The van der Waals surface area contributed by atoms with Crippen LogP contribution in [0.3, 0.4) is 0 Å². The zero-order valence-electron chi connectivity index (χ0n) is 16.2. The number of anilines is 2. The second-order valence-electron chi connectivity index (χ2n) is 6.28. The van der Waals surface area contributed by atoms with E-state index in [4.69, 9.17) is 13.9 Å². The van der Waals surface area contributed by atoms with E-state index in [2.05, 4.69) is 15.5 Å². The number of fused-ring (bicyclic) bond motifs is 1. The van der Waals surface area contributed by atoms with Gasteiger partial charge in [-0.1, -0.05) is 23.9 Å². The zero-order chi connectivity index (χ0) is 21.1. The smallest absolute Gasteiger partial charge is 0.277 e. The Morgan fingerprint density at radius 1 is 1.17 bits per heavy atom. The Hall–Kier alpha value is -3.53. The van der Waals surface area contributed by atoms with E-state index in [9.17, 15) is 9.59 Å². The van der Waals surface area contributed by atoms with Crippen molar-refractivity contribution in [3.05, 3.63) is 42.5 Å². The molecule has 30 heavy (non-hydrogen) atoms. The first kappa shape index (κ1) is 19.8. The van der Waals surface area contributed by atoms with E-state index in [0.29, 0.717) is 34.3 Å². The van der Waals surface area contributed by atoms with Gasteiger partial charge in [0, 0.05) is 5.56 Å². The average Bonchev–Trinajstić information content (AvgIpc) is 3.25. The minimum Gasteiger partial charge on any atom is -0.493 e.